The van der Waals surface area contributed by atoms with Crippen molar-refractivity contribution in [2.24, 2.45) is 0 Å². The van der Waals surface area contributed by atoms with Gasteiger partial charge in [0.25, 0.3) is 5.91 Å². The van der Waals surface area contributed by atoms with E-state index in [1.54, 1.807) is 0 Å². The molecule has 2 amide bonds. The van der Waals surface area contributed by atoms with Crippen LogP contribution in [-0.2, 0) is 16.1 Å². The van der Waals surface area contributed by atoms with E-state index in [1.165, 1.54) is 15.9 Å². The summed E-state index contributed by atoms with van der Waals surface area (Å²) < 4.78 is 0. The number of piperazine rings is 1. The highest BCUT2D eigenvalue weighted by Gasteiger charge is 2.39. The molecule has 0 aliphatic carbocycles. The maximum absolute atomic E-state index is 12.3. The fourth-order valence-corrected chi connectivity index (χ4v) is 2.45. The van der Waals surface area contributed by atoms with Crippen LogP contribution < -0.4 is 0 Å². The van der Waals surface area contributed by atoms with Crippen molar-refractivity contribution in [1.29, 1.82) is 0 Å². The number of carbonyl (C=O) groups is 2. The molecule has 0 spiro atoms. The van der Waals surface area contributed by atoms with Gasteiger partial charge in [0.1, 0.15) is 12.2 Å². The van der Waals surface area contributed by atoms with E-state index in [2.05, 4.69) is 0 Å². The summed E-state index contributed by atoms with van der Waals surface area (Å²) in [6.45, 7) is 0.670. The second-order valence-corrected chi connectivity index (χ2v) is 4.77. The Kier molecular flexibility index (Phi) is 2.83. The second-order valence-electron chi connectivity index (χ2n) is 4.77. The fraction of sp³-hybridized carbons (Fsp3) is 0.286. The molecule has 19 heavy (non-hydrogen) atoms. The molecule has 1 aromatic carbocycles. The predicted octanol–water partition coefficient (Wildman–Crippen LogP) is 0.116. The number of rotatable bonds is 2. The molecule has 1 N–H and O–H groups in total. The van der Waals surface area contributed by atoms with Crippen LogP contribution in [0.5, 0.6) is 0 Å². The molecule has 0 unspecified atom stereocenters. The van der Waals surface area contributed by atoms with Crippen molar-refractivity contribution in [2.75, 3.05) is 13.1 Å². The first-order valence-electron chi connectivity index (χ1n) is 6.18. The zero-order valence-electron chi connectivity index (χ0n) is 10.3. The van der Waals surface area contributed by atoms with Crippen LogP contribution in [0.3, 0.4) is 0 Å². The van der Waals surface area contributed by atoms with Gasteiger partial charge in [-0.2, -0.15) is 0 Å². The Morgan fingerprint density at radius 1 is 1.21 bits per heavy atom. The van der Waals surface area contributed by atoms with E-state index < -0.39 is 6.10 Å². The molecule has 1 atom stereocenters. The van der Waals surface area contributed by atoms with E-state index in [0.717, 1.165) is 5.56 Å². The number of amides is 2. The average Bonchev–Trinajstić information content (AvgIpc) is 2.80. The molecule has 0 saturated carbocycles. The molecule has 0 bridgehead atoms. The summed E-state index contributed by atoms with van der Waals surface area (Å²) in [5.74, 6) is -0.335. The van der Waals surface area contributed by atoms with Crippen molar-refractivity contribution in [3.63, 3.8) is 0 Å². The number of carbonyl (C=O) groups excluding carboxylic acids is 2. The van der Waals surface area contributed by atoms with Crippen molar-refractivity contribution in [3.05, 3.63) is 47.7 Å². The Morgan fingerprint density at radius 2 is 1.95 bits per heavy atom. The number of hydrogen-bond donors (Lipinski definition) is 1. The SMILES string of the molecule is O=C1C2=C[C@@H](O)CN2C(=O)CN1Cc1ccccc1. The van der Waals surface area contributed by atoms with Crippen molar-refractivity contribution in [3.8, 4) is 0 Å². The lowest BCUT2D eigenvalue weighted by molar-refractivity contribution is -0.145. The van der Waals surface area contributed by atoms with Crippen LogP contribution in [0, 0.1) is 0 Å². The van der Waals surface area contributed by atoms with Gasteiger partial charge in [-0.05, 0) is 11.6 Å². The third-order valence-electron chi connectivity index (χ3n) is 3.36. The van der Waals surface area contributed by atoms with E-state index in [0.29, 0.717) is 12.2 Å². The van der Waals surface area contributed by atoms with Crippen molar-refractivity contribution >= 4 is 11.8 Å². The molecule has 1 aromatic rings. The minimum Gasteiger partial charge on any atom is -0.387 e. The molecule has 0 aromatic heterocycles. The summed E-state index contributed by atoms with van der Waals surface area (Å²) >= 11 is 0. The van der Waals surface area contributed by atoms with Gasteiger partial charge in [-0.3, -0.25) is 9.59 Å². The minimum absolute atomic E-state index is 0.0672. The lowest BCUT2D eigenvalue weighted by Crippen LogP contribution is -2.50. The lowest BCUT2D eigenvalue weighted by atomic mass is 10.2. The van der Waals surface area contributed by atoms with E-state index in [1.807, 2.05) is 30.3 Å². The summed E-state index contributed by atoms with van der Waals surface area (Å²) in [7, 11) is 0. The maximum Gasteiger partial charge on any atom is 0.271 e. The first-order valence-corrected chi connectivity index (χ1v) is 6.18. The van der Waals surface area contributed by atoms with Crippen molar-refractivity contribution in [1.82, 2.24) is 9.80 Å². The monoisotopic (exact) mass is 258 g/mol. The minimum atomic E-state index is -0.737. The summed E-state index contributed by atoms with van der Waals surface area (Å²) in [6, 6.07) is 9.54. The molecule has 5 nitrogen and oxygen atoms in total. The van der Waals surface area contributed by atoms with Crippen LogP contribution in [0.4, 0.5) is 0 Å². The second kappa shape index (κ2) is 4.51. The molecule has 5 heteroatoms. The predicted molar refractivity (Wildman–Crippen MR) is 67.7 cm³/mol. The zero-order valence-corrected chi connectivity index (χ0v) is 10.3. The average molecular weight is 258 g/mol. The highest BCUT2D eigenvalue weighted by atomic mass is 16.3. The Morgan fingerprint density at radius 3 is 2.68 bits per heavy atom. The quantitative estimate of drug-likeness (QED) is 0.819. The van der Waals surface area contributed by atoms with Crippen LogP contribution in [0.25, 0.3) is 0 Å². The van der Waals surface area contributed by atoms with Gasteiger partial charge in [-0.1, -0.05) is 30.3 Å². The van der Waals surface area contributed by atoms with Gasteiger partial charge in [0.15, 0.2) is 0 Å². The fourth-order valence-electron chi connectivity index (χ4n) is 2.45. The summed E-state index contributed by atoms with van der Waals surface area (Å²) in [6.07, 6.45) is 0.719. The molecule has 2 aliphatic rings. The number of nitrogens with zero attached hydrogens (tertiary/aromatic N) is 2. The Bertz CT molecular complexity index is 553. The van der Waals surface area contributed by atoms with Gasteiger partial charge in [0.05, 0.1) is 12.6 Å². The smallest absolute Gasteiger partial charge is 0.271 e. The summed E-state index contributed by atoms with van der Waals surface area (Å²) in [5.41, 5.74) is 1.29. The van der Waals surface area contributed by atoms with E-state index in [9.17, 15) is 14.7 Å². The van der Waals surface area contributed by atoms with E-state index in [-0.39, 0.29) is 24.9 Å². The van der Waals surface area contributed by atoms with Gasteiger partial charge in [-0.25, -0.2) is 0 Å². The molecule has 2 aliphatic heterocycles. The largest absolute Gasteiger partial charge is 0.387 e. The standard InChI is InChI=1S/C14H14N2O3/c17-11-6-12-14(19)15(9-13(18)16(12)8-11)7-10-4-2-1-3-5-10/h1-6,11,17H,7-9H2/t11-/m1/s1. The molecule has 2 heterocycles. The highest BCUT2D eigenvalue weighted by molar-refractivity contribution is 6.03. The van der Waals surface area contributed by atoms with E-state index >= 15 is 0 Å². The summed E-state index contributed by atoms with van der Waals surface area (Å²) in [4.78, 5) is 27.1. The summed E-state index contributed by atoms with van der Waals surface area (Å²) in [5, 5.41) is 9.53. The van der Waals surface area contributed by atoms with Gasteiger partial charge in [-0.15, -0.1) is 0 Å². The van der Waals surface area contributed by atoms with Crippen LogP contribution >= 0.6 is 0 Å². The van der Waals surface area contributed by atoms with Gasteiger partial charge in [0, 0.05) is 6.54 Å². The maximum atomic E-state index is 12.3. The Labute approximate surface area is 110 Å². The number of benzene rings is 1. The first-order chi connectivity index (χ1) is 9.15. The molecular formula is C14H14N2O3. The molecule has 1 fully saturated rings. The Hall–Kier alpha value is -2.14. The Balaban J connectivity index is 1.82. The van der Waals surface area contributed by atoms with Gasteiger partial charge in [0.2, 0.25) is 5.91 Å². The first kappa shape index (κ1) is 11.9. The molecular weight excluding hydrogens is 244 g/mol. The van der Waals surface area contributed by atoms with Crippen LogP contribution in [0.1, 0.15) is 5.56 Å². The molecule has 1 saturated heterocycles. The van der Waals surface area contributed by atoms with Crippen molar-refractivity contribution in [2.45, 2.75) is 12.6 Å². The zero-order chi connectivity index (χ0) is 13.4. The number of hydrogen-bond acceptors (Lipinski definition) is 3. The van der Waals surface area contributed by atoms with Gasteiger partial charge < -0.3 is 14.9 Å². The molecule has 3 rings (SSSR count). The molecule has 98 valence electrons. The topological polar surface area (TPSA) is 60.9 Å². The third kappa shape index (κ3) is 2.13. The lowest BCUT2D eigenvalue weighted by Gasteiger charge is -2.33. The van der Waals surface area contributed by atoms with Crippen LogP contribution in [-0.4, -0.2) is 45.9 Å². The highest BCUT2D eigenvalue weighted by Crippen LogP contribution is 2.23. The number of aliphatic hydroxyl groups excluding tert-OH is 1. The number of aliphatic hydroxyl groups is 1. The van der Waals surface area contributed by atoms with Gasteiger partial charge >= 0.3 is 0 Å². The molecule has 0 radical (unpaired) electrons. The number of fused-ring (bicyclic) bond motifs is 1. The van der Waals surface area contributed by atoms with Crippen LogP contribution in [0.2, 0.25) is 0 Å². The van der Waals surface area contributed by atoms with Crippen molar-refractivity contribution < 1.29 is 14.7 Å². The normalized spacial score (nSPS) is 22.6. The van der Waals surface area contributed by atoms with Crippen LogP contribution in [0.15, 0.2) is 42.1 Å². The van der Waals surface area contributed by atoms with E-state index in [4.69, 9.17) is 0 Å². The third-order valence-corrected chi connectivity index (χ3v) is 3.36.